The Morgan fingerprint density at radius 3 is 2.61 bits per heavy atom. The van der Waals surface area contributed by atoms with E-state index in [0.29, 0.717) is 0 Å². The second-order valence-electron chi connectivity index (χ2n) is 3.52. The highest BCUT2D eigenvalue weighted by molar-refractivity contribution is 7.92. The largest absolute Gasteiger partial charge is 0.478 e. The Morgan fingerprint density at radius 2 is 2.17 bits per heavy atom. The van der Waals surface area contributed by atoms with Crippen LogP contribution in [0.25, 0.3) is 0 Å². The number of halogens is 1. The van der Waals surface area contributed by atoms with Crippen molar-refractivity contribution in [2.75, 3.05) is 0 Å². The molecule has 5 nitrogen and oxygen atoms in total. The molecule has 0 spiro atoms. The molecule has 1 rings (SSSR count). The predicted molar refractivity (Wildman–Crippen MR) is 65.3 cm³/mol. The van der Waals surface area contributed by atoms with Crippen LogP contribution in [0.1, 0.15) is 23.7 Å². The second-order valence-corrected chi connectivity index (χ2v) is 6.06. The maximum atomic E-state index is 12.0. The number of hydrogen-bond donors (Lipinski definition) is 1. The molecular formula is C11H10ClNO4S. The van der Waals surface area contributed by atoms with Gasteiger partial charge in [-0.2, -0.15) is 5.26 Å². The van der Waals surface area contributed by atoms with Crippen LogP contribution in [0.2, 0.25) is 5.02 Å². The molecule has 1 unspecified atom stereocenters. The highest BCUT2D eigenvalue weighted by atomic mass is 35.5. The molecule has 7 heteroatoms. The van der Waals surface area contributed by atoms with Crippen LogP contribution < -0.4 is 0 Å². The molecule has 1 N–H and O–H groups in total. The second kappa shape index (κ2) is 5.38. The van der Waals surface area contributed by atoms with Gasteiger partial charge >= 0.3 is 5.97 Å². The number of carbonyl (C=O) groups is 1. The van der Waals surface area contributed by atoms with E-state index in [0.717, 1.165) is 6.07 Å². The number of sulfone groups is 1. The fraction of sp³-hybridized carbons (Fsp3) is 0.273. The van der Waals surface area contributed by atoms with Crippen molar-refractivity contribution in [3.63, 3.8) is 0 Å². The van der Waals surface area contributed by atoms with Gasteiger partial charge in [0.25, 0.3) is 0 Å². The third kappa shape index (κ3) is 2.63. The molecule has 0 saturated heterocycles. The molecule has 0 fully saturated rings. The van der Waals surface area contributed by atoms with E-state index in [-0.39, 0.29) is 21.9 Å². The lowest BCUT2D eigenvalue weighted by atomic mass is 10.2. The summed E-state index contributed by atoms with van der Waals surface area (Å²) in [4.78, 5) is 10.7. The van der Waals surface area contributed by atoms with Gasteiger partial charge in [0, 0.05) is 0 Å². The zero-order valence-electron chi connectivity index (χ0n) is 9.42. The summed E-state index contributed by atoms with van der Waals surface area (Å²) < 4.78 is 24.0. The van der Waals surface area contributed by atoms with Gasteiger partial charge in [-0.1, -0.05) is 18.5 Å². The molecule has 0 amide bonds. The van der Waals surface area contributed by atoms with Crippen molar-refractivity contribution in [2.45, 2.75) is 23.5 Å². The first kappa shape index (κ1) is 14.5. The van der Waals surface area contributed by atoms with E-state index in [1.165, 1.54) is 12.1 Å². The third-order valence-corrected chi connectivity index (χ3v) is 4.81. The Hall–Kier alpha value is -1.58. The number of benzene rings is 1. The minimum absolute atomic E-state index is 0.0496. The van der Waals surface area contributed by atoms with Gasteiger partial charge in [0.2, 0.25) is 0 Å². The molecule has 1 aromatic rings. The van der Waals surface area contributed by atoms with E-state index >= 15 is 0 Å². The maximum absolute atomic E-state index is 12.0. The van der Waals surface area contributed by atoms with Crippen LogP contribution >= 0.6 is 11.6 Å². The van der Waals surface area contributed by atoms with Crippen LogP contribution in [0.15, 0.2) is 23.1 Å². The van der Waals surface area contributed by atoms with Gasteiger partial charge in [0.05, 0.1) is 21.6 Å². The van der Waals surface area contributed by atoms with E-state index in [9.17, 15) is 13.2 Å². The lowest BCUT2D eigenvalue weighted by Crippen LogP contribution is -2.19. The maximum Gasteiger partial charge on any atom is 0.337 e. The van der Waals surface area contributed by atoms with Crippen molar-refractivity contribution in [3.05, 3.63) is 28.8 Å². The molecule has 18 heavy (non-hydrogen) atoms. The monoisotopic (exact) mass is 287 g/mol. The SMILES string of the molecule is CCC(C#N)S(=O)(=O)c1ccc(Cl)c(C(=O)O)c1. The smallest absolute Gasteiger partial charge is 0.337 e. The number of hydrogen-bond acceptors (Lipinski definition) is 4. The Kier molecular flexibility index (Phi) is 4.33. The number of carboxylic acids is 1. The lowest BCUT2D eigenvalue weighted by Gasteiger charge is -2.09. The first-order valence-corrected chi connectivity index (χ1v) is 6.93. The van der Waals surface area contributed by atoms with Gasteiger partial charge in [-0.3, -0.25) is 0 Å². The van der Waals surface area contributed by atoms with Crippen LogP contribution in [0.4, 0.5) is 0 Å². The van der Waals surface area contributed by atoms with Gasteiger partial charge in [-0.15, -0.1) is 0 Å². The van der Waals surface area contributed by atoms with E-state index in [1.54, 1.807) is 13.0 Å². The minimum Gasteiger partial charge on any atom is -0.478 e. The summed E-state index contributed by atoms with van der Waals surface area (Å²) >= 11 is 5.65. The van der Waals surface area contributed by atoms with Gasteiger partial charge in [0.15, 0.2) is 15.1 Å². The molecule has 1 aromatic carbocycles. The summed E-state index contributed by atoms with van der Waals surface area (Å²) in [6.45, 7) is 1.57. The van der Waals surface area contributed by atoms with Crippen molar-refractivity contribution >= 4 is 27.4 Å². The molecule has 0 bridgehead atoms. The number of nitrogens with zero attached hydrogens (tertiary/aromatic N) is 1. The highest BCUT2D eigenvalue weighted by Crippen LogP contribution is 2.24. The minimum atomic E-state index is -3.86. The van der Waals surface area contributed by atoms with Crippen LogP contribution in [0.5, 0.6) is 0 Å². The molecule has 96 valence electrons. The number of rotatable bonds is 4. The number of carboxylic acid groups (broad SMARTS) is 1. The van der Waals surface area contributed by atoms with Crippen molar-refractivity contribution in [1.29, 1.82) is 5.26 Å². The Bertz CT molecular complexity index is 618. The normalized spacial score (nSPS) is 12.7. The van der Waals surface area contributed by atoms with E-state index in [1.807, 2.05) is 0 Å². The van der Waals surface area contributed by atoms with E-state index in [2.05, 4.69) is 0 Å². The zero-order chi connectivity index (χ0) is 13.9. The van der Waals surface area contributed by atoms with E-state index < -0.39 is 21.1 Å². The predicted octanol–water partition coefficient (Wildman–Crippen LogP) is 2.11. The fourth-order valence-corrected chi connectivity index (χ4v) is 3.03. The molecule has 1 atom stereocenters. The first-order valence-electron chi connectivity index (χ1n) is 5.01. The van der Waals surface area contributed by atoms with Crippen molar-refractivity contribution in [2.24, 2.45) is 0 Å². The summed E-state index contributed by atoms with van der Waals surface area (Å²) in [6.07, 6.45) is 0.129. The molecule has 0 aliphatic carbocycles. The molecule has 0 heterocycles. The van der Waals surface area contributed by atoms with Gasteiger partial charge in [-0.25, -0.2) is 13.2 Å². The summed E-state index contributed by atoms with van der Waals surface area (Å²) in [6, 6.07) is 5.05. The van der Waals surface area contributed by atoms with Gasteiger partial charge in [-0.05, 0) is 24.6 Å². The van der Waals surface area contributed by atoms with Crippen LogP contribution in [0.3, 0.4) is 0 Å². The Morgan fingerprint density at radius 1 is 1.56 bits per heavy atom. The summed E-state index contributed by atoms with van der Waals surface area (Å²) in [5.41, 5.74) is -0.300. The molecule has 0 saturated carbocycles. The fourth-order valence-electron chi connectivity index (χ4n) is 1.39. The quantitative estimate of drug-likeness (QED) is 0.915. The van der Waals surface area contributed by atoms with Crippen molar-refractivity contribution in [1.82, 2.24) is 0 Å². The molecule has 0 radical (unpaired) electrons. The lowest BCUT2D eigenvalue weighted by molar-refractivity contribution is 0.0697. The topological polar surface area (TPSA) is 95.2 Å². The standard InChI is InChI=1S/C11H10ClNO4S/c1-2-7(6-13)18(16,17)8-3-4-10(12)9(5-8)11(14)15/h3-5,7H,2H2,1H3,(H,14,15). The van der Waals surface area contributed by atoms with Gasteiger partial charge < -0.3 is 5.11 Å². The van der Waals surface area contributed by atoms with E-state index in [4.69, 9.17) is 22.0 Å². The average Bonchev–Trinajstić information content (AvgIpc) is 2.30. The number of aromatic carboxylic acids is 1. The van der Waals surface area contributed by atoms with Crippen LogP contribution in [-0.2, 0) is 9.84 Å². The molecule has 0 aromatic heterocycles. The summed E-state index contributed by atoms with van der Waals surface area (Å²) in [5.74, 6) is -1.32. The average molecular weight is 288 g/mol. The Labute approximate surface area is 110 Å². The van der Waals surface area contributed by atoms with Crippen LogP contribution in [0, 0.1) is 11.3 Å². The summed E-state index contributed by atoms with van der Waals surface area (Å²) in [7, 11) is -3.86. The Balaban J connectivity index is 3.40. The zero-order valence-corrected chi connectivity index (χ0v) is 11.0. The molecular weight excluding hydrogens is 278 g/mol. The van der Waals surface area contributed by atoms with Gasteiger partial charge in [0.1, 0.15) is 0 Å². The molecule has 0 aliphatic rings. The molecule has 0 aliphatic heterocycles. The van der Waals surface area contributed by atoms with Crippen molar-refractivity contribution in [3.8, 4) is 6.07 Å². The first-order chi connectivity index (χ1) is 8.34. The van der Waals surface area contributed by atoms with Crippen LogP contribution in [-0.4, -0.2) is 24.7 Å². The number of nitriles is 1. The summed E-state index contributed by atoms with van der Waals surface area (Å²) in [5, 5.41) is 16.4. The van der Waals surface area contributed by atoms with Crippen molar-refractivity contribution < 1.29 is 18.3 Å². The third-order valence-electron chi connectivity index (χ3n) is 2.39. The highest BCUT2D eigenvalue weighted by Gasteiger charge is 2.27.